The smallest absolute Gasteiger partial charge is 0.296 e. The molecule has 1 N–H and O–H groups in total. The van der Waals surface area contributed by atoms with E-state index < -0.39 is 17.7 Å². The van der Waals surface area contributed by atoms with Gasteiger partial charge in [0.2, 0.25) is 0 Å². The zero-order valence-electron chi connectivity index (χ0n) is 16.2. The number of benzene rings is 1. The zero-order chi connectivity index (χ0) is 21.1. The van der Waals surface area contributed by atoms with Crippen LogP contribution in [-0.4, -0.2) is 38.8 Å². The Hall–Kier alpha value is -4.00. The second-order valence-electron chi connectivity index (χ2n) is 6.77. The summed E-state index contributed by atoms with van der Waals surface area (Å²) in [6.07, 6.45) is 4.84. The highest BCUT2D eigenvalue weighted by atomic mass is 16.5. The molecule has 7 nitrogen and oxygen atoms in total. The summed E-state index contributed by atoms with van der Waals surface area (Å²) in [6.45, 7) is 0.184. The number of rotatable bonds is 5. The third-order valence-corrected chi connectivity index (χ3v) is 4.95. The van der Waals surface area contributed by atoms with Gasteiger partial charge >= 0.3 is 0 Å². The normalized spacial score (nSPS) is 17.9. The van der Waals surface area contributed by atoms with Crippen LogP contribution in [0.1, 0.15) is 22.9 Å². The van der Waals surface area contributed by atoms with E-state index in [0.717, 1.165) is 5.56 Å². The Morgan fingerprint density at radius 1 is 1.07 bits per heavy atom. The van der Waals surface area contributed by atoms with E-state index in [0.29, 0.717) is 17.0 Å². The molecule has 1 aliphatic rings. The average molecular weight is 401 g/mol. The minimum Gasteiger partial charge on any atom is -0.507 e. The van der Waals surface area contributed by atoms with Crippen LogP contribution in [0.5, 0.6) is 5.75 Å². The molecular formula is C23H19N3O4. The first-order chi connectivity index (χ1) is 14.6. The lowest BCUT2D eigenvalue weighted by Gasteiger charge is -2.24. The number of ketones is 1. The molecule has 0 radical (unpaired) electrons. The Labute approximate surface area is 173 Å². The van der Waals surface area contributed by atoms with Crippen LogP contribution in [0.15, 0.2) is 78.8 Å². The molecule has 0 aliphatic carbocycles. The summed E-state index contributed by atoms with van der Waals surface area (Å²) in [4.78, 5) is 35.7. The van der Waals surface area contributed by atoms with Gasteiger partial charge in [-0.15, -0.1) is 0 Å². The molecule has 1 aromatic carbocycles. The fourth-order valence-electron chi connectivity index (χ4n) is 3.50. The van der Waals surface area contributed by atoms with Gasteiger partial charge in [0, 0.05) is 30.7 Å². The number of hydrogen-bond donors (Lipinski definition) is 1. The maximum atomic E-state index is 13.0. The summed E-state index contributed by atoms with van der Waals surface area (Å²) in [5, 5.41) is 11.0. The SMILES string of the molecule is COc1cccc(/C(O)=C2/C(=O)C(=O)N(Cc3ccncc3)C2c2ccccn2)c1. The molecular weight excluding hydrogens is 382 g/mol. The van der Waals surface area contributed by atoms with Crippen LogP contribution in [0.4, 0.5) is 0 Å². The molecule has 1 aliphatic heterocycles. The van der Waals surface area contributed by atoms with Gasteiger partial charge in [0.05, 0.1) is 18.4 Å². The fourth-order valence-corrected chi connectivity index (χ4v) is 3.50. The van der Waals surface area contributed by atoms with Crippen molar-refractivity contribution in [3.8, 4) is 5.75 Å². The largest absolute Gasteiger partial charge is 0.507 e. The van der Waals surface area contributed by atoms with E-state index in [2.05, 4.69) is 9.97 Å². The van der Waals surface area contributed by atoms with E-state index in [9.17, 15) is 14.7 Å². The number of pyridine rings is 2. The molecule has 0 spiro atoms. The van der Waals surface area contributed by atoms with Crippen LogP contribution < -0.4 is 4.74 Å². The predicted octanol–water partition coefficient (Wildman–Crippen LogP) is 3.11. The van der Waals surface area contributed by atoms with E-state index in [-0.39, 0.29) is 17.9 Å². The number of amides is 1. The van der Waals surface area contributed by atoms with E-state index >= 15 is 0 Å². The number of Topliss-reactive ketones (excluding diaryl/α,β-unsaturated/α-hetero) is 1. The lowest BCUT2D eigenvalue weighted by molar-refractivity contribution is -0.140. The molecule has 1 unspecified atom stereocenters. The van der Waals surface area contributed by atoms with Crippen molar-refractivity contribution in [3.63, 3.8) is 0 Å². The van der Waals surface area contributed by atoms with Crippen molar-refractivity contribution in [2.24, 2.45) is 0 Å². The van der Waals surface area contributed by atoms with Crippen LogP contribution >= 0.6 is 0 Å². The second kappa shape index (κ2) is 8.16. The van der Waals surface area contributed by atoms with Gasteiger partial charge in [0.15, 0.2) is 0 Å². The van der Waals surface area contributed by atoms with E-state index in [4.69, 9.17) is 4.74 Å². The number of aromatic nitrogens is 2. The number of likely N-dealkylation sites (tertiary alicyclic amines) is 1. The molecule has 1 saturated heterocycles. The van der Waals surface area contributed by atoms with Crippen molar-refractivity contribution < 1.29 is 19.4 Å². The van der Waals surface area contributed by atoms with Gasteiger partial charge in [0.25, 0.3) is 11.7 Å². The molecule has 7 heteroatoms. The van der Waals surface area contributed by atoms with E-state index in [1.54, 1.807) is 73.2 Å². The highest BCUT2D eigenvalue weighted by Crippen LogP contribution is 2.39. The third kappa shape index (κ3) is 3.53. The zero-order valence-corrected chi connectivity index (χ0v) is 16.2. The number of aliphatic hydroxyl groups excluding tert-OH is 1. The van der Waals surface area contributed by atoms with Crippen LogP contribution in [0.25, 0.3) is 5.76 Å². The van der Waals surface area contributed by atoms with Crippen molar-refractivity contribution in [2.75, 3.05) is 7.11 Å². The number of carbonyl (C=O) groups excluding carboxylic acids is 2. The third-order valence-electron chi connectivity index (χ3n) is 4.95. The lowest BCUT2D eigenvalue weighted by Crippen LogP contribution is -2.29. The number of aliphatic hydroxyl groups is 1. The molecule has 0 saturated carbocycles. The molecule has 2 aromatic heterocycles. The summed E-state index contributed by atoms with van der Waals surface area (Å²) in [7, 11) is 1.51. The molecule has 0 bridgehead atoms. The van der Waals surface area contributed by atoms with Crippen molar-refractivity contribution in [1.82, 2.24) is 14.9 Å². The standard InChI is InChI=1S/C23H19N3O4/c1-30-17-6-4-5-16(13-17)21(27)19-20(18-7-2-3-10-25-18)26(23(29)22(19)28)14-15-8-11-24-12-9-15/h2-13,20,27H,14H2,1H3/b21-19-. The van der Waals surface area contributed by atoms with Crippen molar-refractivity contribution >= 4 is 17.4 Å². The van der Waals surface area contributed by atoms with E-state index in [1.807, 2.05) is 0 Å². The van der Waals surface area contributed by atoms with Gasteiger partial charge in [-0.2, -0.15) is 0 Å². The topological polar surface area (TPSA) is 92.6 Å². The average Bonchev–Trinajstić information content (AvgIpc) is 3.05. The maximum absolute atomic E-state index is 13.0. The minimum absolute atomic E-state index is 0.000934. The maximum Gasteiger partial charge on any atom is 0.296 e. The number of carbonyl (C=O) groups is 2. The van der Waals surface area contributed by atoms with Gasteiger partial charge in [-0.3, -0.25) is 19.6 Å². The monoisotopic (exact) mass is 401 g/mol. The molecule has 1 atom stereocenters. The molecule has 1 fully saturated rings. The number of nitrogens with zero attached hydrogens (tertiary/aromatic N) is 3. The van der Waals surface area contributed by atoms with Crippen molar-refractivity contribution in [3.05, 3.63) is 95.6 Å². The first-order valence-electron chi connectivity index (χ1n) is 9.33. The van der Waals surface area contributed by atoms with E-state index in [1.165, 1.54) is 12.0 Å². The first kappa shape index (κ1) is 19.3. The van der Waals surface area contributed by atoms with Crippen molar-refractivity contribution in [1.29, 1.82) is 0 Å². The Morgan fingerprint density at radius 3 is 2.57 bits per heavy atom. The van der Waals surface area contributed by atoms with Crippen LogP contribution in [0.2, 0.25) is 0 Å². The van der Waals surface area contributed by atoms with Crippen LogP contribution in [-0.2, 0) is 16.1 Å². The Balaban J connectivity index is 1.85. The highest BCUT2D eigenvalue weighted by molar-refractivity contribution is 6.46. The van der Waals surface area contributed by atoms with Crippen LogP contribution in [0.3, 0.4) is 0 Å². The summed E-state index contributed by atoms with van der Waals surface area (Å²) in [5.41, 5.74) is 1.70. The van der Waals surface area contributed by atoms with Gasteiger partial charge in [-0.1, -0.05) is 18.2 Å². The van der Waals surface area contributed by atoms with Gasteiger partial charge < -0.3 is 14.7 Å². The summed E-state index contributed by atoms with van der Waals surface area (Å²) < 4.78 is 5.21. The summed E-state index contributed by atoms with van der Waals surface area (Å²) in [6, 6.07) is 14.7. The molecule has 3 aromatic rings. The molecule has 1 amide bonds. The summed E-state index contributed by atoms with van der Waals surface area (Å²) in [5.74, 6) is -1.17. The number of hydrogen-bond acceptors (Lipinski definition) is 6. The Morgan fingerprint density at radius 2 is 1.87 bits per heavy atom. The second-order valence-corrected chi connectivity index (χ2v) is 6.77. The molecule has 150 valence electrons. The Bertz CT molecular complexity index is 1110. The quantitative estimate of drug-likeness (QED) is 0.401. The molecule has 30 heavy (non-hydrogen) atoms. The molecule has 4 rings (SSSR count). The predicted molar refractivity (Wildman–Crippen MR) is 109 cm³/mol. The highest BCUT2D eigenvalue weighted by Gasteiger charge is 2.46. The lowest BCUT2D eigenvalue weighted by atomic mass is 9.98. The summed E-state index contributed by atoms with van der Waals surface area (Å²) >= 11 is 0. The number of ether oxygens (including phenoxy) is 1. The Kier molecular flexibility index (Phi) is 5.26. The van der Waals surface area contributed by atoms with Crippen LogP contribution in [0, 0.1) is 0 Å². The van der Waals surface area contributed by atoms with Gasteiger partial charge in [-0.25, -0.2) is 0 Å². The molecule has 3 heterocycles. The minimum atomic E-state index is -0.814. The fraction of sp³-hybridized carbons (Fsp3) is 0.130. The van der Waals surface area contributed by atoms with Gasteiger partial charge in [-0.05, 0) is 42.0 Å². The number of methoxy groups -OCH3 is 1. The first-order valence-corrected chi connectivity index (χ1v) is 9.33. The van der Waals surface area contributed by atoms with Crippen molar-refractivity contribution in [2.45, 2.75) is 12.6 Å². The van der Waals surface area contributed by atoms with Gasteiger partial charge in [0.1, 0.15) is 17.6 Å².